The van der Waals surface area contributed by atoms with E-state index in [2.05, 4.69) is 26.2 Å². The third kappa shape index (κ3) is 16.4. The van der Waals surface area contributed by atoms with Crippen LogP contribution in [0.1, 0.15) is 122 Å². The van der Waals surface area contributed by atoms with Crippen molar-refractivity contribution < 1.29 is 0 Å². The molecule has 0 aliphatic rings. The summed E-state index contributed by atoms with van der Waals surface area (Å²) in [5.74, 6) is 0. The van der Waals surface area contributed by atoms with Crippen LogP contribution in [0.15, 0.2) is 25.3 Å². The van der Waals surface area contributed by atoms with E-state index >= 15 is 0 Å². The molecule has 0 unspecified atom stereocenters. The summed E-state index contributed by atoms with van der Waals surface area (Å²) in [7, 11) is 0. The molecule has 0 fully saturated rings. The van der Waals surface area contributed by atoms with Gasteiger partial charge in [0.1, 0.15) is 0 Å². The lowest BCUT2D eigenvalue weighted by atomic mass is 9.81. The molecule has 0 radical (unpaired) electrons. The van der Waals surface area contributed by atoms with Crippen molar-refractivity contribution in [3.05, 3.63) is 25.3 Å². The minimum atomic E-state index is -0.0894. The molecule has 0 saturated carbocycles. The second kappa shape index (κ2) is 18.8. The number of hydrogen-bond donors (Lipinski definition) is 0. The molecule has 0 N–H and O–H groups in total. The highest BCUT2D eigenvalue weighted by Gasteiger charge is 2.22. The molecule has 0 saturated heterocycles. The van der Waals surface area contributed by atoms with Gasteiger partial charge < -0.3 is 0 Å². The fraction of sp³-hybridized carbons (Fsp3) is 0.800. The van der Waals surface area contributed by atoms with E-state index in [1.54, 1.807) is 0 Å². The van der Waals surface area contributed by atoms with Crippen LogP contribution in [0.5, 0.6) is 0 Å². The van der Waals surface area contributed by atoms with Crippen molar-refractivity contribution in [2.75, 3.05) is 0 Å². The molecular weight excluding hydrogens is 314 g/mol. The van der Waals surface area contributed by atoms with Gasteiger partial charge in [-0.25, -0.2) is 0 Å². The van der Waals surface area contributed by atoms with Crippen LogP contribution < -0.4 is 0 Å². The minimum absolute atomic E-state index is 0.0894. The summed E-state index contributed by atoms with van der Waals surface area (Å²) in [6, 6.07) is 2.61. The summed E-state index contributed by atoms with van der Waals surface area (Å²) in [4.78, 5) is 0. The maximum atomic E-state index is 9.57. The number of nitriles is 1. The molecule has 0 aromatic carbocycles. The van der Waals surface area contributed by atoms with Crippen molar-refractivity contribution in [2.45, 2.75) is 122 Å². The summed E-state index contributed by atoms with van der Waals surface area (Å²) in [5.41, 5.74) is -0.0894. The van der Waals surface area contributed by atoms with Gasteiger partial charge in [0.05, 0.1) is 11.5 Å². The minimum Gasteiger partial charge on any atom is -0.198 e. The number of nitrogens with zero attached hydrogens (tertiary/aromatic N) is 1. The first-order chi connectivity index (χ1) is 12.7. The first-order valence-corrected chi connectivity index (χ1v) is 11.3. The zero-order valence-electron chi connectivity index (χ0n) is 17.7. The topological polar surface area (TPSA) is 23.8 Å². The molecule has 1 heteroatoms. The largest absolute Gasteiger partial charge is 0.198 e. The Balaban J connectivity index is 3.54. The molecule has 0 aliphatic heterocycles. The SMILES string of the molecule is C=CCCCCCCCCCC(C)(C#N)CCCCCCCCCC=C. The molecule has 0 aromatic rings. The van der Waals surface area contributed by atoms with Gasteiger partial charge in [0.15, 0.2) is 0 Å². The van der Waals surface area contributed by atoms with Crippen LogP contribution in [0.4, 0.5) is 0 Å². The van der Waals surface area contributed by atoms with Crippen molar-refractivity contribution in [2.24, 2.45) is 5.41 Å². The number of rotatable bonds is 20. The quantitative estimate of drug-likeness (QED) is 0.157. The Morgan fingerprint density at radius 2 is 0.923 bits per heavy atom. The fourth-order valence-electron chi connectivity index (χ4n) is 3.61. The summed E-state index contributed by atoms with van der Waals surface area (Å²) >= 11 is 0. The highest BCUT2D eigenvalue weighted by molar-refractivity contribution is 4.95. The second-order valence-electron chi connectivity index (χ2n) is 8.28. The average molecular weight is 360 g/mol. The Morgan fingerprint density at radius 3 is 1.23 bits per heavy atom. The van der Waals surface area contributed by atoms with Crippen molar-refractivity contribution in [1.82, 2.24) is 0 Å². The molecule has 0 heterocycles. The van der Waals surface area contributed by atoms with E-state index in [0.29, 0.717) is 0 Å². The lowest BCUT2D eigenvalue weighted by Crippen LogP contribution is -2.13. The molecule has 0 aromatic heterocycles. The van der Waals surface area contributed by atoms with Gasteiger partial charge >= 0.3 is 0 Å². The molecule has 1 nitrogen and oxygen atoms in total. The predicted molar refractivity (Wildman–Crippen MR) is 117 cm³/mol. The van der Waals surface area contributed by atoms with Crippen LogP contribution in [0.3, 0.4) is 0 Å². The monoisotopic (exact) mass is 359 g/mol. The molecule has 150 valence electrons. The Morgan fingerprint density at radius 1 is 0.615 bits per heavy atom. The van der Waals surface area contributed by atoms with Gasteiger partial charge in [-0.3, -0.25) is 0 Å². The lowest BCUT2D eigenvalue weighted by molar-refractivity contribution is 0.338. The van der Waals surface area contributed by atoms with E-state index in [4.69, 9.17) is 0 Å². The Labute approximate surface area is 165 Å². The molecule has 0 aliphatic carbocycles. The normalized spacial score (nSPS) is 11.2. The highest BCUT2D eigenvalue weighted by atomic mass is 14.3. The highest BCUT2D eigenvalue weighted by Crippen LogP contribution is 2.30. The van der Waals surface area contributed by atoms with E-state index in [-0.39, 0.29) is 5.41 Å². The van der Waals surface area contributed by atoms with Crippen LogP contribution >= 0.6 is 0 Å². The van der Waals surface area contributed by atoms with E-state index in [0.717, 1.165) is 25.7 Å². The first kappa shape index (κ1) is 25.0. The van der Waals surface area contributed by atoms with Crippen molar-refractivity contribution in [1.29, 1.82) is 5.26 Å². The van der Waals surface area contributed by atoms with Crippen molar-refractivity contribution >= 4 is 0 Å². The zero-order valence-corrected chi connectivity index (χ0v) is 17.7. The van der Waals surface area contributed by atoms with Crippen LogP contribution in [0, 0.1) is 16.7 Å². The number of allylic oxidation sites excluding steroid dienone is 2. The molecule has 0 spiro atoms. The van der Waals surface area contributed by atoms with Crippen LogP contribution in [0.25, 0.3) is 0 Å². The first-order valence-electron chi connectivity index (χ1n) is 11.3. The van der Waals surface area contributed by atoms with Gasteiger partial charge in [0, 0.05) is 0 Å². The Bertz CT molecular complexity index is 337. The van der Waals surface area contributed by atoms with Gasteiger partial charge in [-0.2, -0.15) is 5.26 Å². The summed E-state index contributed by atoms with van der Waals surface area (Å²) in [6.45, 7) is 9.72. The maximum Gasteiger partial charge on any atom is 0.0686 e. The third-order valence-electron chi connectivity index (χ3n) is 5.54. The molecule has 0 amide bonds. The van der Waals surface area contributed by atoms with Gasteiger partial charge in [-0.05, 0) is 45.4 Å². The Kier molecular flexibility index (Phi) is 18.0. The molecule has 26 heavy (non-hydrogen) atoms. The smallest absolute Gasteiger partial charge is 0.0686 e. The standard InChI is InChI=1S/C25H45N/c1-4-6-8-10-12-14-16-18-20-22-25(3,24-26)23-21-19-17-15-13-11-9-7-5-2/h4-5H,1-2,6-23H2,3H3. The van der Waals surface area contributed by atoms with E-state index < -0.39 is 0 Å². The average Bonchev–Trinajstić information content (AvgIpc) is 2.65. The number of hydrogen-bond acceptors (Lipinski definition) is 1. The van der Waals surface area contributed by atoms with Crippen LogP contribution in [-0.4, -0.2) is 0 Å². The van der Waals surface area contributed by atoms with Crippen molar-refractivity contribution in [3.63, 3.8) is 0 Å². The van der Waals surface area contributed by atoms with E-state index in [1.807, 2.05) is 12.2 Å². The predicted octanol–water partition coefficient (Wildman–Crippen LogP) is 8.91. The van der Waals surface area contributed by atoms with Crippen LogP contribution in [0.2, 0.25) is 0 Å². The molecule has 0 rings (SSSR count). The Hall–Kier alpha value is -1.03. The fourth-order valence-corrected chi connectivity index (χ4v) is 3.61. The van der Waals surface area contributed by atoms with Crippen LogP contribution in [-0.2, 0) is 0 Å². The summed E-state index contributed by atoms with van der Waals surface area (Å²) < 4.78 is 0. The third-order valence-corrected chi connectivity index (χ3v) is 5.54. The summed E-state index contributed by atoms with van der Waals surface area (Å²) in [6.07, 6.45) is 26.9. The molecular formula is C25H45N. The molecule has 0 bridgehead atoms. The number of unbranched alkanes of at least 4 members (excludes halogenated alkanes) is 14. The van der Waals surface area contributed by atoms with Crippen molar-refractivity contribution in [3.8, 4) is 6.07 Å². The molecule has 0 atom stereocenters. The van der Waals surface area contributed by atoms with Gasteiger partial charge in [0.25, 0.3) is 0 Å². The van der Waals surface area contributed by atoms with Gasteiger partial charge in [0.2, 0.25) is 0 Å². The maximum absolute atomic E-state index is 9.57. The van der Waals surface area contributed by atoms with Gasteiger partial charge in [-0.1, -0.05) is 89.2 Å². The van der Waals surface area contributed by atoms with E-state index in [9.17, 15) is 5.26 Å². The lowest BCUT2D eigenvalue weighted by Gasteiger charge is -2.21. The van der Waals surface area contributed by atoms with E-state index in [1.165, 1.54) is 89.9 Å². The van der Waals surface area contributed by atoms with Gasteiger partial charge in [-0.15, -0.1) is 13.2 Å². The second-order valence-corrected chi connectivity index (χ2v) is 8.28. The zero-order chi connectivity index (χ0) is 19.3. The summed E-state index contributed by atoms with van der Waals surface area (Å²) in [5, 5.41) is 9.57.